The molecule has 1 heterocycles. The first-order valence-corrected chi connectivity index (χ1v) is 5.62. The predicted octanol–water partition coefficient (Wildman–Crippen LogP) is 2.38. The van der Waals surface area contributed by atoms with Crippen LogP contribution in [0, 0.1) is 0 Å². The minimum atomic E-state index is -4.04. The van der Waals surface area contributed by atoms with Crippen molar-refractivity contribution in [3.63, 3.8) is 0 Å². The SMILES string of the molecule is CSC1CCCN(CC(F)(F)F)C1. The number of nitrogens with zero attached hydrogens (tertiary/aromatic N) is 1. The molecule has 78 valence electrons. The molecule has 1 nitrogen and oxygen atoms in total. The van der Waals surface area contributed by atoms with Crippen LogP contribution in [0.5, 0.6) is 0 Å². The van der Waals surface area contributed by atoms with E-state index in [1.54, 1.807) is 11.8 Å². The van der Waals surface area contributed by atoms with E-state index >= 15 is 0 Å². The van der Waals surface area contributed by atoms with Crippen LogP contribution in [0.25, 0.3) is 0 Å². The number of piperidine rings is 1. The number of alkyl halides is 3. The van der Waals surface area contributed by atoms with E-state index in [4.69, 9.17) is 0 Å². The fraction of sp³-hybridized carbons (Fsp3) is 1.00. The molecule has 1 fully saturated rings. The molecule has 13 heavy (non-hydrogen) atoms. The van der Waals surface area contributed by atoms with Gasteiger partial charge in [0.25, 0.3) is 0 Å². The third-order valence-electron chi connectivity index (χ3n) is 2.20. The number of hydrogen-bond acceptors (Lipinski definition) is 2. The van der Waals surface area contributed by atoms with Crippen LogP contribution in [0.2, 0.25) is 0 Å². The molecule has 0 aromatic heterocycles. The molecule has 0 N–H and O–H groups in total. The number of halogens is 3. The van der Waals surface area contributed by atoms with E-state index in [0.717, 1.165) is 12.8 Å². The molecule has 0 radical (unpaired) electrons. The first-order chi connectivity index (χ1) is 6.01. The quantitative estimate of drug-likeness (QED) is 0.693. The Labute approximate surface area is 80.7 Å². The summed E-state index contributed by atoms with van der Waals surface area (Å²) in [6, 6.07) is 0. The Kier molecular flexibility index (Phi) is 3.91. The van der Waals surface area contributed by atoms with Gasteiger partial charge in [-0.3, -0.25) is 4.90 Å². The van der Waals surface area contributed by atoms with Crippen molar-refractivity contribution < 1.29 is 13.2 Å². The van der Waals surface area contributed by atoms with Gasteiger partial charge < -0.3 is 0 Å². The number of hydrogen-bond donors (Lipinski definition) is 0. The molecule has 5 heteroatoms. The molecule has 0 aromatic carbocycles. The summed E-state index contributed by atoms with van der Waals surface area (Å²) in [5, 5.41) is 0.385. The minimum Gasteiger partial charge on any atom is -0.294 e. The van der Waals surface area contributed by atoms with Crippen LogP contribution in [0.15, 0.2) is 0 Å². The lowest BCUT2D eigenvalue weighted by Crippen LogP contribution is -2.42. The summed E-state index contributed by atoms with van der Waals surface area (Å²) in [4.78, 5) is 1.50. The van der Waals surface area contributed by atoms with Crippen LogP contribution in [-0.2, 0) is 0 Å². The molecule has 1 atom stereocenters. The second kappa shape index (κ2) is 4.55. The van der Waals surface area contributed by atoms with E-state index in [-0.39, 0.29) is 0 Å². The summed E-state index contributed by atoms with van der Waals surface area (Å²) < 4.78 is 36.1. The molecule has 0 amide bonds. The first-order valence-electron chi connectivity index (χ1n) is 4.33. The van der Waals surface area contributed by atoms with E-state index in [2.05, 4.69) is 0 Å². The summed E-state index contributed by atoms with van der Waals surface area (Å²) in [6.45, 7) is 0.432. The van der Waals surface area contributed by atoms with E-state index in [9.17, 15) is 13.2 Å². The van der Waals surface area contributed by atoms with Gasteiger partial charge in [0.2, 0.25) is 0 Å². The van der Waals surface area contributed by atoms with Gasteiger partial charge in [0, 0.05) is 11.8 Å². The Morgan fingerprint density at radius 1 is 1.46 bits per heavy atom. The Bertz CT molecular complexity index is 160. The molecule has 1 saturated heterocycles. The van der Waals surface area contributed by atoms with E-state index in [0.29, 0.717) is 18.3 Å². The lowest BCUT2D eigenvalue weighted by atomic mass is 10.1. The molecule has 1 rings (SSSR count). The maximum Gasteiger partial charge on any atom is 0.401 e. The van der Waals surface area contributed by atoms with Crippen molar-refractivity contribution in [2.45, 2.75) is 24.3 Å². The standard InChI is InChI=1S/C8H14F3NS/c1-13-7-3-2-4-12(5-7)6-8(9,10)11/h7H,2-6H2,1H3. The molecular weight excluding hydrogens is 199 g/mol. The highest BCUT2D eigenvalue weighted by Crippen LogP contribution is 2.23. The monoisotopic (exact) mass is 213 g/mol. The van der Waals surface area contributed by atoms with Gasteiger partial charge in [-0.25, -0.2) is 0 Å². The topological polar surface area (TPSA) is 3.24 Å². The molecule has 0 bridgehead atoms. The van der Waals surface area contributed by atoms with Gasteiger partial charge in [-0.15, -0.1) is 0 Å². The minimum absolute atomic E-state index is 0.385. The Balaban J connectivity index is 2.34. The van der Waals surface area contributed by atoms with E-state index in [1.165, 1.54) is 4.90 Å². The van der Waals surface area contributed by atoms with Gasteiger partial charge >= 0.3 is 6.18 Å². The Morgan fingerprint density at radius 2 is 2.15 bits per heavy atom. The van der Waals surface area contributed by atoms with Gasteiger partial charge in [0.1, 0.15) is 0 Å². The van der Waals surface area contributed by atoms with Crippen molar-refractivity contribution in [1.82, 2.24) is 4.90 Å². The molecule has 0 aromatic rings. The van der Waals surface area contributed by atoms with Gasteiger partial charge in [-0.2, -0.15) is 24.9 Å². The van der Waals surface area contributed by atoms with Crippen LogP contribution in [0.4, 0.5) is 13.2 Å². The zero-order valence-corrected chi connectivity index (χ0v) is 8.42. The second-order valence-electron chi connectivity index (χ2n) is 3.35. The average molecular weight is 213 g/mol. The van der Waals surface area contributed by atoms with Gasteiger partial charge in [-0.05, 0) is 25.6 Å². The highest BCUT2D eigenvalue weighted by Gasteiger charge is 2.32. The Morgan fingerprint density at radius 3 is 2.69 bits per heavy atom. The number of likely N-dealkylation sites (tertiary alicyclic amines) is 1. The summed E-state index contributed by atoms with van der Waals surface area (Å²) in [5.41, 5.74) is 0. The lowest BCUT2D eigenvalue weighted by Gasteiger charge is -2.32. The average Bonchev–Trinajstić information content (AvgIpc) is 2.01. The van der Waals surface area contributed by atoms with E-state index < -0.39 is 12.7 Å². The number of rotatable bonds is 2. The third kappa shape index (κ3) is 4.22. The largest absolute Gasteiger partial charge is 0.401 e. The first kappa shape index (κ1) is 11.2. The highest BCUT2D eigenvalue weighted by atomic mass is 32.2. The van der Waals surface area contributed by atoms with Crippen molar-refractivity contribution in [3.05, 3.63) is 0 Å². The normalized spacial score (nSPS) is 26.3. The second-order valence-corrected chi connectivity index (χ2v) is 4.49. The summed E-state index contributed by atoms with van der Waals surface area (Å²) in [7, 11) is 0. The summed E-state index contributed by atoms with van der Waals surface area (Å²) >= 11 is 1.67. The molecule has 1 aliphatic rings. The highest BCUT2D eigenvalue weighted by molar-refractivity contribution is 7.99. The van der Waals surface area contributed by atoms with Crippen molar-refractivity contribution in [2.24, 2.45) is 0 Å². The summed E-state index contributed by atoms with van der Waals surface area (Å²) in [5.74, 6) is 0. The van der Waals surface area contributed by atoms with Crippen molar-refractivity contribution >= 4 is 11.8 Å². The predicted molar refractivity (Wildman–Crippen MR) is 49.0 cm³/mol. The van der Waals surface area contributed by atoms with E-state index in [1.807, 2.05) is 6.26 Å². The fourth-order valence-electron chi connectivity index (χ4n) is 1.60. The van der Waals surface area contributed by atoms with Crippen LogP contribution in [-0.4, -0.2) is 42.2 Å². The molecule has 0 aliphatic carbocycles. The van der Waals surface area contributed by atoms with Crippen LogP contribution in [0.1, 0.15) is 12.8 Å². The van der Waals surface area contributed by atoms with Crippen LogP contribution < -0.4 is 0 Å². The molecule has 1 unspecified atom stereocenters. The summed E-state index contributed by atoms with van der Waals surface area (Å²) in [6.07, 6.45) is -0.140. The fourth-order valence-corrected chi connectivity index (χ4v) is 2.36. The molecule has 0 spiro atoms. The van der Waals surface area contributed by atoms with Gasteiger partial charge in [-0.1, -0.05) is 0 Å². The number of thioether (sulfide) groups is 1. The van der Waals surface area contributed by atoms with Crippen molar-refractivity contribution in [2.75, 3.05) is 25.9 Å². The lowest BCUT2D eigenvalue weighted by molar-refractivity contribution is -0.147. The third-order valence-corrected chi connectivity index (χ3v) is 3.25. The molecule has 1 aliphatic heterocycles. The maximum absolute atomic E-state index is 12.0. The van der Waals surface area contributed by atoms with Crippen molar-refractivity contribution in [1.29, 1.82) is 0 Å². The maximum atomic E-state index is 12.0. The Hall–Kier alpha value is 0.100. The van der Waals surface area contributed by atoms with Gasteiger partial charge in [0.15, 0.2) is 0 Å². The van der Waals surface area contributed by atoms with Crippen LogP contribution in [0.3, 0.4) is 0 Å². The van der Waals surface area contributed by atoms with Gasteiger partial charge in [0.05, 0.1) is 6.54 Å². The van der Waals surface area contributed by atoms with Crippen LogP contribution >= 0.6 is 11.8 Å². The molecular formula is C8H14F3NS. The zero-order chi connectivity index (χ0) is 9.90. The molecule has 0 saturated carbocycles. The smallest absolute Gasteiger partial charge is 0.294 e. The zero-order valence-electron chi connectivity index (χ0n) is 7.60. The van der Waals surface area contributed by atoms with Crippen molar-refractivity contribution in [3.8, 4) is 0 Å².